The maximum absolute atomic E-state index is 12.9. The lowest BCUT2D eigenvalue weighted by Crippen LogP contribution is -2.42. The van der Waals surface area contributed by atoms with Gasteiger partial charge in [-0.05, 0) is 64.8 Å². The summed E-state index contributed by atoms with van der Waals surface area (Å²) in [6, 6.07) is 7.17. The Kier molecular flexibility index (Phi) is 8.67. The van der Waals surface area contributed by atoms with Crippen molar-refractivity contribution in [2.45, 2.75) is 82.8 Å². The maximum Gasteiger partial charge on any atom is 0.251 e. The second kappa shape index (κ2) is 10.5. The molecule has 0 radical (unpaired) electrons. The summed E-state index contributed by atoms with van der Waals surface area (Å²) in [6.07, 6.45) is 5.17. The first-order valence-corrected chi connectivity index (χ1v) is 12.2. The largest absolute Gasteiger partial charge is 0.351 e. The van der Waals surface area contributed by atoms with Crippen LogP contribution in [0.2, 0.25) is 0 Å². The normalized spacial score (nSPS) is 16.2. The van der Waals surface area contributed by atoms with E-state index in [1.165, 1.54) is 22.9 Å². The number of sulfonamides is 1. The minimum Gasteiger partial charge on any atom is -0.351 e. The van der Waals surface area contributed by atoms with Gasteiger partial charge in [-0.3, -0.25) is 9.69 Å². The van der Waals surface area contributed by atoms with Gasteiger partial charge in [0.25, 0.3) is 5.91 Å². The van der Waals surface area contributed by atoms with Crippen molar-refractivity contribution in [3.8, 4) is 0 Å². The molecule has 1 saturated carbocycles. The average molecular weight is 424 g/mol. The molecule has 1 amide bonds. The summed E-state index contributed by atoms with van der Waals surface area (Å²) in [4.78, 5) is 15.0. The number of benzene rings is 1. The number of rotatable bonds is 9. The topological polar surface area (TPSA) is 69.7 Å². The van der Waals surface area contributed by atoms with Gasteiger partial charge in [0.2, 0.25) is 10.0 Å². The highest BCUT2D eigenvalue weighted by Gasteiger charge is 2.29. The van der Waals surface area contributed by atoms with Crippen molar-refractivity contribution in [1.82, 2.24) is 14.5 Å². The molecule has 2 rings (SSSR count). The Bertz CT molecular complexity index is 746. The average Bonchev–Trinajstić information content (AvgIpc) is 2.70. The van der Waals surface area contributed by atoms with Crippen LogP contribution in [0.1, 0.15) is 70.2 Å². The van der Waals surface area contributed by atoms with E-state index in [4.69, 9.17) is 0 Å². The highest BCUT2D eigenvalue weighted by molar-refractivity contribution is 7.89. The molecular formula is C22H37N3O3S. The molecule has 1 N–H and O–H groups in total. The number of hydrogen-bond acceptors (Lipinski definition) is 4. The molecule has 1 fully saturated rings. The highest BCUT2D eigenvalue weighted by Crippen LogP contribution is 2.26. The standard InChI is InChI=1S/C22H37N3O3S/c1-17(2)25(18(3)4)16-15-23-22(26)19-11-13-21(14-12-19)29(27,28)24(5)20-9-7-6-8-10-20/h11-14,17-18,20H,6-10,15-16H2,1-5H3,(H,23,26). The van der Waals surface area contributed by atoms with Crippen molar-refractivity contribution in [1.29, 1.82) is 0 Å². The Morgan fingerprint density at radius 1 is 1.03 bits per heavy atom. The van der Waals surface area contributed by atoms with Crippen molar-refractivity contribution in [2.75, 3.05) is 20.1 Å². The predicted molar refractivity (Wildman–Crippen MR) is 118 cm³/mol. The smallest absolute Gasteiger partial charge is 0.251 e. The monoisotopic (exact) mass is 423 g/mol. The summed E-state index contributed by atoms with van der Waals surface area (Å²) in [6.45, 7) is 9.91. The molecule has 1 aromatic carbocycles. The third-order valence-corrected chi connectivity index (χ3v) is 7.79. The second-order valence-corrected chi connectivity index (χ2v) is 10.5. The lowest BCUT2D eigenvalue weighted by molar-refractivity contribution is 0.0939. The molecule has 0 saturated heterocycles. The third-order valence-electron chi connectivity index (χ3n) is 5.86. The van der Waals surface area contributed by atoms with Crippen LogP contribution in [0.4, 0.5) is 0 Å². The molecule has 0 atom stereocenters. The van der Waals surface area contributed by atoms with E-state index >= 15 is 0 Å². The van der Waals surface area contributed by atoms with Crippen LogP contribution in [0.15, 0.2) is 29.2 Å². The van der Waals surface area contributed by atoms with E-state index in [9.17, 15) is 13.2 Å². The Balaban J connectivity index is 1.97. The van der Waals surface area contributed by atoms with Gasteiger partial charge in [-0.25, -0.2) is 8.42 Å². The Hall–Kier alpha value is -1.44. The molecule has 1 aliphatic carbocycles. The zero-order chi connectivity index (χ0) is 21.6. The van der Waals surface area contributed by atoms with Crippen LogP contribution in [0.5, 0.6) is 0 Å². The van der Waals surface area contributed by atoms with Crippen molar-refractivity contribution < 1.29 is 13.2 Å². The van der Waals surface area contributed by atoms with Crippen LogP contribution >= 0.6 is 0 Å². The molecule has 0 aromatic heterocycles. The molecule has 0 spiro atoms. The lowest BCUT2D eigenvalue weighted by Gasteiger charge is -2.30. The van der Waals surface area contributed by atoms with E-state index in [2.05, 4.69) is 37.9 Å². The van der Waals surface area contributed by atoms with Crippen LogP contribution in [0, 0.1) is 0 Å². The fourth-order valence-corrected chi connectivity index (χ4v) is 5.51. The number of carbonyl (C=O) groups is 1. The van der Waals surface area contributed by atoms with Gasteiger partial charge in [0.1, 0.15) is 0 Å². The summed E-state index contributed by atoms with van der Waals surface area (Å²) in [5.74, 6) is -0.179. The predicted octanol–water partition coefficient (Wildman–Crippen LogP) is 3.49. The number of nitrogens with one attached hydrogen (secondary N) is 1. The van der Waals surface area contributed by atoms with Gasteiger partial charge >= 0.3 is 0 Å². The van der Waals surface area contributed by atoms with Gasteiger partial charge in [-0.15, -0.1) is 0 Å². The third kappa shape index (κ3) is 6.27. The van der Waals surface area contributed by atoms with Crippen LogP contribution in [0.25, 0.3) is 0 Å². The summed E-state index contributed by atoms with van der Waals surface area (Å²) in [5.41, 5.74) is 0.477. The summed E-state index contributed by atoms with van der Waals surface area (Å²) >= 11 is 0. The van der Waals surface area contributed by atoms with Gasteiger partial charge in [-0.2, -0.15) is 4.31 Å². The SMILES string of the molecule is CC(C)N(CCNC(=O)c1ccc(S(=O)(=O)N(C)C2CCCCC2)cc1)C(C)C. The Morgan fingerprint density at radius 3 is 2.10 bits per heavy atom. The first-order valence-electron chi connectivity index (χ1n) is 10.8. The van der Waals surface area contributed by atoms with E-state index in [0.717, 1.165) is 32.2 Å². The van der Waals surface area contributed by atoms with Gasteiger partial charge in [0.15, 0.2) is 0 Å². The Labute approximate surface area is 176 Å². The molecular weight excluding hydrogens is 386 g/mol. The number of amides is 1. The molecule has 29 heavy (non-hydrogen) atoms. The minimum atomic E-state index is -3.53. The van der Waals surface area contributed by atoms with Crippen LogP contribution in [-0.2, 0) is 10.0 Å². The first-order chi connectivity index (χ1) is 13.6. The molecule has 0 heterocycles. The van der Waals surface area contributed by atoms with Crippen LogP contribution in [0.3, 0.4) is 0 Å². The van der Waals surface area contributed by atoms with Crippen LogP contribution in [-0.4, -0.2) is 61.8 Å². The van der Waals surface area contributed by atoms with E-state index in [0.29, 0.717) is 24.2 Å². The molecule has 1 aromatic rings. The van der Waals surface area contributed by atoms with Crippen molar-refractivity contribution in [3.63, 3.8) is 0 Å². The highest BCUT2D eigenvalue weighted by atomic mass is 32.2. The lowest BCUT2D eigenvalue weighted by atomic mass is 9.96. The van der Waals surface area contributed by atoms with E-state index in [1.54, 1.807) is 19.2 Å². The molecule has 164 valence electrons. The zero-order valence-electron chi connectivity index (χ0n) is 18.5. The van der Waals surface area contributed by atoms with Crippen molar-refractivity contribution in [2.24, 2.45) is 0 Å². The van der Waals surface area contributed by atoms with E-state index in [-0.39, 0.29) is 16.8 Å². The summed E-state index contributed by atoms with van der Waals surface area (Å²) < 4.78 is 27.3. The molecule has 7 heteroatoms. The van der Waals surface area contributed by atoms with Crippen molar-refractivity contribution >= 4 is 15.9 Å². The van der Waals surface area contributed by atoms with Gasteiger partial charge < -0.3 is 5.32 Å². The van der Waals surface area contributed by atoms with E-state index in [1.807, 2.05) is 0 Å². The summed E-state index contributed by atoms with van der Waals surface area (Å²) in [7, 11) is -1.87. The maximum atomic E-state index is 12.9. The quantitative estimate of drug-likeness (QED) is 0.660. The fraction of sp³-hybridized carbons (Fsp3) is 0.682. The second-order valence-electron chi connectivity index (χ2n) is 8.52. The Morgan fingerprint density at radius 2 is 1.59 bits per heavy atom. The number of nitrogens with zero attached hydrogens (tertiary/aromatic N) is 2. The molecule has 6 nitrogen and oxygen atoms in total. The van der Waals surface area contributed by atoms with Gasteiger partial charge in [0, 0.05) is 43.8 Å². The van der Waals surface area contributed by atoms with Crippen molar-refractivity contribution in [3.05, 3.63) is 29.8 Å². The van der Waals surface area contributed by atoms with E-state index < -0.39 is 10.0 Å². The fourth-order valence-electron chi connectivity index (χ4n) is 4.10. The van der Waals surface area contributed by atoms with Crippen LogP contribution < -0.4 is 5.32 Å². The number of carbonyl (C=O) groups excluding carboxylic acids is 1. The summed E-state index contributed by atoms with van der Waals surface area (Å²) in [5, 5.41) is 2.93. The first kappa shape index (κ1) is 23.8. The molecule has 0 unspecified atom stereocenters. The molecule has 1 aliphatic rings. The minimum absolute atomic E-state index is 0.0709. The van der Waals surface area contributed by atoms with Gasteiger partial charge in [-0.1, -0.05) is 19.3 Å². The van der Waals surface area contributed by atoms with Gasteiger partial charge in [0.05, 0.1) is 4.90 Å². The molecule has 0 bridgehead atoms. The number of hydrogen-bond donors (Lipinski definition) is 1. The molecule has 0 aliphatic heterocycles. The zero-order valence-corrected chi connectivity index (χ0v) is 19.3.